The number of carbonyl (C=O) groups excluding carboxylic acids is 1. The molecule has 0 fully saturated rings. The van der Waals surface area contributed by atoms with Crippen molar-refractivity contribution in [2.24, 2.45) is 0 Å². The van der Waals surface area contributed by atoms with Gasteiger partial charge >= 0.3 is 5.97 Å². The first-order valence-electron chi connectivity index (χ1n) is 6.01. The van der Waals surface area contributed by atoms with Crippen LogP contribution in [-0.4, -0.2) is 44.7 Å². The van der Waals surface area contributed by atoms with Gasteiger partial charge in [0.2, 0.25) is 0 Å². The summed E-state index contributed by atoms with van der Waals surface area (Å²) in [6, 6.07) is 0. The molecule has 0 rings (SSSR count). The molecule has 0 aliphatic carbocycles. The first-order valence-corrected chi connectivity index (χ1v) is 6.01. The van der Waals surface area contributed by atoms with E-state index in [0.717, 1.165) is 35.9 Å². The average molecular weight is 228 g/mol. The molecule has 0 aliphatic heterocycles. The SMILES string of the molecule is CCCOC(=O)C(C)=CCCC[N+](C)(C)C. The van der Waals surface area contributed by atoms with Crippen molar-refractivity contribution in [3.05, 3.63) is 11.6 Å². The van der Waals surface area contributed by atoms with Gasteiger partial charge in [0, 0.05) is 12.0 Å². The minimum atomic E-state index is -0.174. The Kier molecular flexibility index (Phi) is 7.06. The lowest BCUT2D eigenvalue weighted by atomic mass is 10.2. The highest BCUT2D eigenvalue weighted by molar-refractivity contribution is 5.87. The van der Waals surface area contributed by atoms with Gasteiger partial charge in [0.15, 0.2) is 0 Å². The van der Waals surface area contributed by atoms with Crippen LogP contribution in [0.2, 0.25) is 0 Å². The van der Waals surface area contributed by atoms with Gasteiger partial charge in [0.05, 0.1) is 34.3 Å². The fourth-order valence-corrected chi connectivity index (χ4v) is 1.28. The first kappa shape index (κ1) is 15.2. The molecule has 0 unspecified atom stereocenters. The Morgan fingerprint density at radius 3 is 2.44 bits per heavy atom. The van der Waals surface area contributed by atoms with Crippen LogP contribution < -0.4 is 0 Å². The summed E-state index contributed by atoms with van der Waals surface area (Å²) < 4.78 is 6.01. The maximum Gasteiger partial charge on any atom is 0.333 e. The molecule has 0 aliphatic rings. The Morgan fingerprint density at radius 2 is 1.94 bits per heavy atom. The number of hydrogen-bond donors (Lipinski definition) is 0. The third kappa shape index (κ3) is 8.48. The first-order chi connectivity index (χ1) is 7.37. The van der Waals surface area contributed by atoms with Crippen LogP contribution in [0.4, 0.5) is 0 Å². The third-order valence-corrected chi connectivity index (χ3v) is 2.24. The van der Waals surface area contributed by atoms with Gasteiger partial charge in [-0.1, -0.05) is 13.0 Å². The van der Waals surface area contributed by atoms with Gasteiger partial charge in [-0.3, -0.25) is 0 Å². The summed E-state index contributed by atoms with van der Waals surface area (Å²) in [6.07, 6.45) is 4.90. The molecule has 0 atom stereocenters. The van der Waals surface area contributed by atoms with Crippen LogP contribution in [0.25, 0.3) is 0 Å². The molecule has 0 saturated carbocycles. The van der Waals surface area contributed by atoms with Crippen molar-refractivity contribution in [2.75, 3.05) is 34.3 Å². The van der Waals surface area contributed by atoms with Crippen LogP contribution in [0, 0.1) is 0 Å². The molecule has 3 heteroatoms. The van der Waals surface area contributed by atoms with Crippen molar-refractivity contribution in [2.45, 2.75) is 33.1 Å². The van der Waals surface area contributed by atoms with Crippen molar-refractivity contribution in [3.8, 4) is 0 Å². The van der Waals surface area contributed by atoms with Crippen LogP contribution in [0.5, 0.6) is 0 Å². The predicted molar refractivity (Wildman–Crippen MR) is 67.1 cm³/mol. The number of quaternary nitrogens is 1. The molecule has 3 nitrogen and oxygen atoms in total. The Hall–Kier alpha value is -0.830. The number of esters is 1. The van der Waals surface area contributed by atoms with Gasteiger partial charge in [-0.2, -0.15) is 0 Å². The Balaban J connectivity index is 3.82. The van der Waals surface area contributed by atoms with Gasteiger partial charge < -0.3 is 9.22 Å². The number of rotatable bonds is 7. The van der Waals surface area contributed by atoms with E-state index in [0.29, 0.717) is 6.61 Å². The topological polar surface area (TPSA) is 26.3 Å². The number of carbonyl (C=O) groups is 1. The standard InChI is InChI=1S/C13H26NO2/c1-6-11-16-13(15)12(2)9-7-8-10-14(3,4)5/h9H,6-8,10-11H2,1-5H3/q+1. The van der Waals surface area contributed by atoms with Crippen molar-refractivity contribution >= 4 is 5.97 Å². The number of allylic oxidation sites excluding steroid dienone is 1. The second kappa shape index (κ2) is 7.44. The fraction of sp³-hybridized carbons (Fsp3) is 0.769. The van der Waals surface area contributed by atoms with Gasteiger partial charge in [0.25, 0.3) is 0 Å². The Bertz CT molecular complexity index is 239. The lowest BCUT2D eigenvalue weighted by molar-refractivity contribution is -0.870. The van der Waals surface area contributed by atoms with E-state index in [2.05, 4.69) is 21.1 Å². The average Bonchev–Trinajstić information content (AvgIpc) is 2.19. The number of ether oxygens (including phenoxy) is 1. The molecule has 0 bridgehead atoms. The van der Waals surface area contributed by atoms with Crippen LogP contribution in [-0.2, 0) is 9.53 Å². The van der Waals surface area contributed by atoms with E-state index in [1.807, 2.05) is 19.9 Å². The molecule has 0 aromatic heterocycles. The lowest BCUT2D eigenvalue weighted by Crippen LogP contribution is -2.35. The molecule has 0 aromatic carbocycles. The van der Waals surface area contributed by atoms with E-state index in [4.69, 9.17) is 4.74 Å². The van der Waals surface area contributed by atoms with Crippen molar-refractivity contribution in [1.82, 2.24) is 0 Å². The molecule has 0 heterocycles. The highest BCUT2D eigenvalue weighted by Crippen LogP contribution is 2.03. The van der Waals surface area contributed by atoms with Crippen LogP contribution in [0.15, 0.2) is 11.6 Å². The summed E-state index contributed by atoms with van der Waals surface area (Å²) in [6.45, 7) is 5.45. The van der Waals surface area contributed by atoms with E-state index in [9.17, 15) is 4.79 Å². The second-order valence-electron chi connectivity index (χ2n) is 5.18. The summed E-state index contributed by atoms with van der Waals surface area (Å²) in [4.78, 5) is 11.4. The van der Waals surface area contributed by atoms with Gasteiger partial charge in [-0.25, -0.2) is 4.79 Å². The monoisotopic (exact) mass is 228 g/mol. The molecular formula is C13H26NO2+. The zero-order chi connectivity index (χ0) is 12.6. The van der Waals surface area contributed by atoms with E-state index in [1.165, 1.54) is 0 Å². The third-order valence-electron chi connectivity index (χ3n) is 2.24. The molecule has 16 heavy (non-hydrogen) atoms. The molecular weight excluding hydrogens is 202 g/mol. The largest absolute Gasteiger partial charge is 0.462 e. The predicted octanol–water partition coefficient (Wildman–Crippen LogP) is 2.37. The van der Waals surface area contributed by atoms with E-state index < -0.39 is 0 Å². The minimum absolute atomic E-state index is 0.174. The van der Waals surface area contributed by atoms with Crippen molar-refractivity contribution in [1.29, 1.82) is 0 Å². The number of unbranched alkanes of at least 4 members (excludes halogenated alkanes) is 1. The maximum absolute atomic E-state index is 11.4. The van der Waals surface area contributed by atoms with Crippen molar-refractivity contribution in [3.63, 3.8) is 0 Å². The highest BCUT2D eigenvalue weighted by Gasteiger charge is 2.07. The Morgan fingerprint density at radius 1 is 1.31 bits per heavy atom. The van der Waals surface area contributed by atoms with Gasteiger partial charge in [-0.15, -0.1) is 0 Å². The molecule has 0 spiro atoms. The fourth-order valence-electron chi connectivity index (χ4n) is 1.28. The normalized spacial score (nSPS) is 12.7. The van der Waals surface area contributed by atoms with Crippen LogP contribution in [0.3, 0.4) is 0 Å². The lowest BCUT2D eigenvalue weighted by Gasteiger charge is -2.23. The number of nitrogens with zero attached hydrogens (tertiary/aromatic N) is 1. The van der Waals surface area contributed by atoms with Gasteiger partial charge in [-0.05, 0) is 19.8 Å². The van der Waals surface area contributed by atoms with E-state index >= 15 is 0 Å². The Labute approximate surface area is 99.7 Å². The minimum Gasteiger partial charge on any atom is -0.462 e. The van der Waals surface area contributed by atoms with E-state index in [-0.39, 0.29) is 5.97 Å². The second-order valence-corrected chi connectivity index (χ2v) is 5.18. The van der Waals surface area contributed by atoms with E-state index in [1.54, 1.807) is 0 Å². The van der Waals surface area contributed by atoms with Crippen molar-refractivity contribution < 1.29 is 14.0 Å². The highest BCUT2D eigenvalue weighted by atomic mass is 16.5. The molecule has 0 N–H and O–H groups in total. The maximum atomic E-state index is 11.4. The molecule has 0 amide bonds. The van der Waals surface area contributed by atoms with Crippen LogP contribution >= 0.6 is 0 Å². The molecule has 0 saturated heterocycles. The summed E-state index contributed by atoms with van der Waals surface area (Å²) in [5.41, 5.74) is 0.731. The molecule has 94 valence electrons. The quantitative estimate of drug-likeness (QED) is 0.289. The number of hydrogen-bond acceptors (Lipinski definition) is 2. The summed E-state index contributed by atoms with van der Waals surface area (Å²) in [5.74, 6) is -0.174. The van der Waals surface area contributed by atoms with Crippen LogP contribution in [0.1, 0.15) is 33.1 Å². The smallest absolute Gasteiger partial charge is 0.333 e. The summed E-state index contributed by atoms with van der Waals surface area (Å²) in [7, 11) is 6.52. The summed E-state index contributed by atoms with van der Waals surface area (Å²) >= 11 is 0. The summed E-state index contributed by atoms with van der Waals surface area (Å²) in [5, 5.41) is 0. The zero-order valence-electron chi connectivity index (χ0n) is 11.4. The van der Waals surface area contributed by atoms with Gasteiger partial charge in [0.1, 0.15) is 0 Å². The molecule has 0 radical (unpaired) electrons. The molecule has 0 aromatic rings. The zero-order valence-corrected chi connectivity index (χ0v) is 11.4.